The molecule has 0 atom stereocenters. The van der Waals surface area contributed by atoms with Gasteiger partial charge in [-0.1, -0.05) is 67.4 Å². The van der Waals surface area contributed by atoms with E-state index in [1.807, 2.05) is 0 Å². The van der Waals surface area contributed by atoms with Gasteiger partial charge >= 0.3 is 11.9 Å². The highest BCUT2D eigenvalue weighted by Crippen LogP contribution is 2.26. The van der Waals surface area contributed by atoms with Crippen LogP contribution in [0.25, 0.3) is 0 Å². The maximum atomic E-state index is 11.4. The first-order chi connectivity index (χ1) is 9.85. The van der Waals surface area contributed by atoms with Gasteiger partial charge in [0.2, 0.25) is 3.79 Å². The van der Waals surface area contributed by atoms with E-state index < -0.39 is 9.76 Å². The molecule has 0 aromatic carbocycles. The van der Waals surface area contributed by atoms with Crippen LogP contribution >= 0.6 is 34.8 Å². The number of hydrogen-bond donors (Lipinski definition) is 0. The molecule has 4 nitrogen and oxygen atoms in total. The molecule has 0 amide bonds. The summed E-state index contributed by atoms with van der Waals surface area (Å²) in [5, 5.41) is 0. The Balaban J connectivity index is 3.46. The number of unbranched alkanes of at least 4 members (excludes halogenated alkanes) is 4. The Hall–Kier alpha value is -0.190. The van der Waals surface area contributed by atoms with E-state index in [2.05, 4.69) is 6.92 Å². The highest BCUT2D eigenvalue weighted by atomic mass is 35.6. The van der Waals surface area contributed by atoms with Gasteiger partial charge in [0, 0.05) is 12.8 Å². The van der Waals surface area contributed by atoms with Crippen LogP contribution in [-0.2, 0) is 19.1 Å². The zero-order valence-electron chi connectivity index (χ0n) is 12.3. The minimum absolute atomic E-state index is 0.104. The minimum Gasteiger partial charge on any atom is -0.466 e. The summed E-state index contributed by atoms with van der Waals surface area (Å²) < 4.78 is 8.20. The van der Waals surface area contributed by atoms with Gasteiger partial charge in [-0.15, -0.1) is 0 Å². The lowest BCUT2D eigenvalue weighted by molar-refractivity contribution is -0.145. The SMILES string of the molecule is CCCCCCCOC(=O)CCCC(=O)OCC(Cl)(Cl)Cl. The van der Waals surface area contributed by atoms with Gasteiger partial charge in [-0.2, -0.15) is 0 Å². The first-order valence-electron chi connectivity index (χ1n) is 7.23. The van der Waals surface area contributed by atoms with E-state index in [0.29, 0.717) is 13.0 Å². The molecule has 21 heavy (non-hydrogen) atoms. The summed E-state index contributed by atoms with van der Waals surface area (Å²) >= 11 is 16.3. The molecule has 0 aliphatic rings. The summed E-state index contributed by atoms with van der Waals surface area (Å²) in [5.41, 5.74) is 0. The van der Waals surface area contributed by atoms with Crippen molar-refractivity contribution in [3.63, 3.8) is 0 Å². The second-order valence-corrected chi connectivity index (χ2v) is 7.28. The maximum Gasteiger partial charge on any atom is 0.305 e. The molecule has 124 valence electrons. The monoisotopic (exact) mass is 360 g/mol. The predicted molar refractivity (Wildman–Crippen MR) is 84.8 cm³/mol. The molecule has 0 aromatic rings. The molecule has 0 unspecified atom stereocenters. The van der Waals surface area contributed by atoms with E-state index in [0.717, 1.165) is 12.8 Å². The molecule has 0 aliphatic heterocycles. The van der Waals surface area contributed by atoms with E-state index in [9.17, 15) is 9.59 Å². The maximum absolute atomic E-state index is 11.4. The molecular weight excluding hydrogens is 339 g/mol. The van der Waals surface area contributed by atoms with Crippen LogP contribution in [-0.4, -0.2) is 28.9 Å². The average molecular weight is 362 g/mol. The molecule has 0 rings (SSSR count). The fraction of sp³-hybridized carbons (Fsp3) is 0.857. The number of ether oxygens (including phenoxy) is 2. The molecule has 0 saturated carbocycles. The molecule has 0 fully saturated rings. The molecule has 0 saturated heterocycles. The smallest absolute Gasteiger partial charge is 0.305 e. The Morgan fingerprint density at radius 2 is 1.43 bits per heavy atom. The van der Waals surface area contributed by atoms with Crippen molar-refractivity contribution in [1.82, 2.24) is 0 Å². The summed E-state index contributed by atoms with van der Waals surface area (Å²) in [5.74, 6) is -0.784. The lowest BCUT2D eigenvalue weighted by atomic mass is 10.2. The van der Waals surface area contributed by atoms with E-state index in [1.54, 1.807) is 0 Å². The van der Waals surface area contributed by atoms with Gasteiger partial charge in [0.1, 0.15) is 6.61 Å². The van der Waals surface area contributed by atoms with Crippen LogP contribution in [0.15, 0.2) is 0 Å². The molecule has 0 aromatic heterocycles. The first kappa shape index (κ1) is 20.8. The van der Waals surface area contributed by atoms with Crippen LogP contribution in [0, 0.1) is 0 Å². The fourth-order valence-corrected chi connectivity index (χ4v) is 1.74. The largest absolute Gasteiger partial charge is 0.466 e. The van der Waals surface area contributed by atoms with Gasteiger partial charge in [-0.05, 0) is 12.8 Å². The number of carbonyl (C=O) groups is 2. The fourth-order valence-electron chi connectivity index (χ4n) is 1.58. The van der Waals surface area contributed by atoms with Gasteiger partial charge in [0.25, 0.3) is 0 Å². The zero-order valence-corrected chi connectivity index (χ0v) is 14.6. The second kappa shape index (κ2) is 12.4. The van der Waals surface area contributed by atoms with Crippen molar-refractivity contribution in [2.24, 2.45) is 0 Å². The highest BCUT2D eigenvalue weighted by Gasteiger charge is 2.22. The molecular formula is C14H23Cl3O4. The van der Waals surface area contributed by atoms with E-state index >= 15 is 0 Å². The normalized spacial score (nSPS) is 11.2. The number of halogens is 3. The predicted octanol–water partition coefficient (Wildman–Crippen LogP) is 4.58. The van der Waals surface area contributed by atoms with Crippen LogP contribution < -0.4 is 0 Å². The molecule has 0 heterocycles. The summed E-state index contributed by atoms with van der Waals surface area (Å²) in [6.07, 6.45) is 6.19. The number of esters is 2. The first-order valence-corrected chi connectivity index (χ1v) is 8.36. The van der Waals surface area contributed by atoms with Crippen LogP contribution in [0.3, 0.4) is 0 Å². The molecule has 0 bridgehead atoms. The number of hydrogen-bond acceptors (Lipinski definition) is 4. The number of alkyl halides is 3. The van der Waals surface area contributed by atoms with Crippen molar-refractivity contribution < 1.29 is 19.1 Å². The zero-order chi connectivity index (χ0) is 16.1. The van der Waals surface area contributed by atoms with Gasteiger partial charge in [0.15, 0.2) is 0 Å². The molecule has 0 spiro atoms. The highest BCUT2D eigenvalue weighted by molar-refractivity contribution is 6.67. The minimum atomic E-state index is -1.60. The van der Waals surface area contributed by atoms with Crippen LogP contribution in [0.4, 0.5) is 0 Å². The Labute approximate surface area is 141 Å². The number of rotatable bonds is 11. The van der Waals surface area contributed by atoms with Crippen LogP contribution in [0.5, 0.6) is 0 Å². The standard InChI is InChI=1S/C14H23Cl3O4/c1-2-3-4-5-6-10-20-12(18)8-7-9-13(19)21-11-14(15,16)17/h2-11H2,1H3. The van der Waals surface area contributed by atoms with Crippen LogP contribution in [0.1, 0.15) is 58.3 Å². The molecule has 0 radical (unpaired) electrons. The molecule has 7 heteroatoms. The summed E-state index contributed by atoms with van der Waals surface area (Å²) in [7, 11) is 0. The number of carbonyl (C=O) groups excluding carboxylic acids is 2. The quantitative estimate of drug-likeness (QED) is 0.307. The molecule has 0 aliphatic carbocycles. The topological polar surface area (TPSA) is 52.6 Å². The van der Waals surface area contributed by atoms with E-state index in [4.69, 9.17) is 44.3 Å². The summed E-state index contributed by atoms with van der Waals surface area (Å²) in [6, 6.07) is 0. The van der Waals surface area contributed by atoms with Gasteiger partial charge in [-0.25, -0.2) is 0 Å². The Bertz CT molecular complexity index is 303. The lowest BCUT2D eigenvalue weighted by Gasteiger charge is -2.11. The Morgan fingerprint density at radius 3 is 2.00 bits per heavy atom. The van der Waals surface area contributed by atoms with Crippen molar-refractivity contribution in [1.29, 1.82) is 0 Å². The molecule has 0 N–H and O–H groups in total. The third-order valence-electron chi connectivity index (χ3n) is 2.67. The third kappa shape index (κ3) is 16.0. The van der Waals surface area contributed by atoms with Gasteiger partial charge < -0.3 is 9.47 Å². The van der Waals surface area contributed by atoms with Gasteiger partial charge in [-0.3, -0.25) is 9.59 Å². The van der Waals surface area contributed by atoms with Gasteiger partial charge in [0.05, 0.1) is 6.61 Å². The van der Waals surface area contributed by atoms with Crippen molar-refractivity contribution in [2.75, 3.05) is 13.2 Å². The third-order valence-corrected chi connectivity index (χ3v) is 3.00. The summed E-state index contributed by atoms with van der Waals surface area (Å²) in [6.45, 7) is 2.30. The van der Waals surface area contributed by atoms with Crippen molar-refractivity contribution in [3.8, 4) is 0 Å². The Kier molecular flexibility index (Phi) is 12.3. The van der Waals surface area contributed by atoms with E-state index in [1.165, 1.54) is 19.3 Å². The average Bonchev–Trinajstić information content (AvgIpc) is 2.39. The second-order valence-electron chi connectivity index (χ2n) is 4.76. The van der Waals surface area contributed by atoms with Crippen LogP contribution in [0.2, 0.25) is 0 Å². The Morgan fingerprint density at radius 1 is 0.857 bits per heavy atom. The lowest BCUT2D eigenvalue weighted by Crippen LogP contribution is -2.17. The van der Waals surface area contributed by atoms with Crippen molar-refractivity contribution in [2.45, 2.75) is 62.1 Å². The van der Waals surface area contributed by atoms with Crippen molar-refractivity contribution in [3.05, 3.63) is 0 Å². The summed E-state index contributed by atoms with van der Waals surface area (Å²) in [4.78, 5) is 22.7. The van der Waals surface area contributed by atoms with E-state index in [-0.39, 0.29) is 25.4 Å². The van der Waals surface area contributed by atoms with Crippen molar-refractivity contribution >= 4 is 46.7 Å².